The molecule has 0 aliphatic rings. The number of nitrogens with one attached hydrogen (secondary N) is 2. The smallest absolute Gasteiger partial charge is 0.188 e. The molecule has 0 atom stereocenters. The van der Waals surface area contributed by atoms with Gasteiger partial charge in [-0.25, -0.2) is 9.97 Å². The van der Waals surface area contributed by atoms with Gasteiger partial charge in [0.2, 0.25) is 0 Å². The molecular formula is C19H15BrN4OS. The van der Waals surface area contributed by atoms with E-state index in [0.29, 0.717) is 0 Å². The van der Waals surface area contributed by atoms with Gasteiger partial charge in [0.15, 0.2) is 5.13 Å². The number of fused-ring (bicyclic) bond motifs is 1. The van der Waals surface area contributed by atoms with Gasteiger partial charge in [-0.2, -0.15) is 0 Å². The Morgan fingerprint density at radius 2 is 1.81 bits per heavy atom. The second-order valence-electron chi connectivity index (χ2n) is 5.51. The van der Waals surface area contributed by atoms with Crippen LogP contribution in [0.3, 0.4) is 0 Å². The highest BCUT2D eigenvalue weighted by Crippen LogP contribution is 2.32. The molecule has 5 nitrogen and oxygen atoms in total. The van der Waals surface area contributed by atoms with Gasteiger partial charge >= 0.3 is 0 Å². The lowest BCUT2D eigenvalue weighted by molar-refractivity contribution is 0.483. The van der Waals surface area contributed by atoms with Crippen molar-refractivity contribution in [1.29, 1.82) is 0 Å². The van der Waals surface area contributed by atoms with Gasteiger partial charge in [0.05, 0.1) is 10.2 Å². The number of benzene rings is 2. The molecule has 0 saturated carbocycles. The quantitative estimate of drug-likeness (QED) is 0.407. The number of hydrogen-bond acceptors (Lipinski definition) is 6. The van der Waals surface area contributed by atoms with E-state index in [1.165, 1.54) is 0 Å². The minimum Gasteiger partial charge on any atom is -0.457 e. The molecule has 4 aromatic rings. The topological polar surface area (TPSA) is 59.1 Å². The fraction of sp³-hybridized carbons (Fsp3) is 0.0526. The molecule has 130 valence electrons. The van der Waals surface area contributed by atoms with Crippen LogP contribution in [0.25, 0.3) is 10.2 Å². The number of ether oxygens (including phenoxy) is 1. The van der Waals surface area contributed by atoms with Crippen molar-refractivity contribution in [3.63, 3.8) is 0 Å². The first-order valence-corrected chi connectivity index (χ1v) is 9.55. The Bertz CT molecular complexity index is 1050. The molecular weight excluding hydrogens is 412 g/mol. The Kier molecular flexibility index (Phi) is 4.73. The normalized spacial score (nSPS) is 10.7. The van der Waals surface area contributed by atoms with E-state index >= 15 is 0 Å². The highest BCUT2D eigenvalue weighted by atomic mass is 79.9. The summed E-state index contributed by atoms with van der Waals surface area (Å²) in [4.78, 5) is 8.84. The maximum absolute atomic E-state index is 5.93. The van der Waals surface area contributed by atoms with Gasteiger partial charge in [0, 0.05) is 35.5 Å². The molecule has 0 fully saturated rings. The Labute approximate surface area is 163 Å². The molecule has 0 amide bonds. The van der Waals surface area contributed by atoms with Crippen LogP contribution in [0.5, 0.6) is 11.5 Å². The van der Waals surface area contributed by atoms with Gasteiger partial charge in [-0.15, -0.1) is 0 Å². The molecule has 0 aliphatic carbocycles. The molecule has 0 unspecified atom stereocenters. The van der Waals surface area contributed by atoms with Crippen molar-refractivity contribution in [3.05, 3.63) is 65.3 Å². The van der Waals surface area contributed by atoms with Crippen LogP contribution in [-0.2, 0) is 0 Å². The molecule has 0 aliphatic heterocycles. The van der Waals surface area contributed by atoms with Crippen LogP contribution in [0.4, 0.5) is 16.6 Å². The number of thiazole rings is 1. The third kappa shape index (κ3) is 3.79. The minimum absolute atomic E-state index is 0.729. The summed E-state index contributed by atoms with van der Waals surface area (Å²) in [7, 11) is 1.83. The van der Waals surface area contributed by atoms with E-state index in [-0.39, 0.29) is 0 Å². The lowest BCUT2D eigenvalue weighted by Crippen LogP contribution is -1.92. The Morgan fingerprint density at radius 1 is 1.00 bits per heavy atom. The molecule has 0 spiro atoms. The molecule has 26 heavy (non-hydrogen) atoms. The highest BCUT2D eigenvalue weighted by Gasteiger charge is 2.07. The van der Waals surface area contributed by atoms with Crippen LogP contribution in [0.2, 0.25) is 0 Å². The molecule has 0 bridgehead atoms. The third-order valence-electron chi connectivity index (χ3n) is 3.68. The monoisotopic (exact) mass is 426 g/mol. The SMILES string of the molecule is CNc1cc(Oc2ccc3sc(Nc4ccc(Br)cc4)nc3c2)ccn1. The van der Waals surface area contributed by atoms with Gasteiger partial charge in [-0.1, -0.05) is 27.3 Å². The molecule has 7 heteroatoms. The number of aromatic nitrogens is 2. The first-order valence-electron chi connectivity index (χ1n) is 7.94. The van der Waals surface area contributed by atoms with Crippen LogP contribution in [0.15, 0.2) is 65.3 Å². The van der Waals surface area contributed by atoms with Crippen molar-refractivity contribution >= 4 is 54.1 Å². The van der Waals surface area contributed by atoms with Crippen molar-refractivity contribution in [2.45, 2.75) is 0 Å². The number of hydrogen-bond donors (Lipinski definition) is 2. The third-order valence-corrected chi connectivity index (χ3v) is 5.16. The fourth-order valence-electron chi connectivity index (χ4n) is 2.43. The summed E-state index contributed by atoms with van der Waals surface area (Å²) < 4.78 is 8.08. The fourth-order valence-corrected chi connectivity index (χ4v) is 3.56. The van der Waals surface area contributed by atoms with Crippen LogP contribution in [0, 0.1) is 0 Å². The predicted molar refractivity (Wildman–Crippen MR) is 111 cm³/mol. The van der Waals surface area contributed by atoms with E-state index in [9.17, 15) is 0 Å². The maximum Gasteiger partial charge on any atom is 0.188 e. The maximum atomic E-state index is 5.93. The van der Waals surface area contributed by atoms with Crippen molar-refractivity contribution in [3.8, 4) is 11.5 Å². The van der Waals surface area contributed by atoms with E-state index in [0.717, 1.165) is 42.8 Å². The predicted octanol–water partition coefficient (Wildman–Crippen LogP) is 6.03. The zero-order chi connectivity index (χ0) is 17.9. The Hall–Kier alpha value is -2.64. The Balaban J connectivity index is 1.56. The summed E-state index contributed by atoms with van der Waals surface area (Å²) in [6, 6.07) is 17.6. The minimum atomic E-state index is 0.729. The highest BCUT2D eigenvalue weighted by molar-refractivity contribution is 9.10. The molecule has 2 aromatic heterocycles. The van der Waals surface area contributed by atoms with Crippen LogP contribution in [-0.4, -0.2) is 17.0 Å². The summed E-state index contributed by atoms with van der Waals surface area (Å²) in [5, 5.41) is 7.18. The largest absolute Gasteiger partial charge is 0.457 e. The van der Waals surface area contributed by atoms with Gasteiger partial charge in [0.25, 0.3) is 0 Å². The molecule has 2 heterocycles. The average Bonchev–Trinajstić information content (AvgIpc) is 3.05. The second-order valence-corrected chi connectivity index (χ2v) is 7.46. The van der Waals surface area contributed by atoms with E-state index in [4.69, 9.17) is 4.74 Å². The number of rotatable bonds is 5. The van der Waals surface area contributed by atoms with Gasteiger partial charge in [-0.3, -0.25) is 0 Å². The molecule has 0 radical (unpaired) electrons. The molecule has 4 rings (SSSR count). The number of pyridine rings is 1. The summed E-state index contributed by atoms with van der Waals surface area (Å²) in [5.41, 5.74) is 1.90. The number of anilines is 3. The van der Waals surface area contributed by atoms with Gasteiger partial charge < -0.3 is 15.4 Å². The van der Waals surface area contributed by atoms with E-state index < -0.39 is 0 Å². The lowest BCUT2D eigenvalue weighted by atomic mass is 10.3. The van der Waals surface area contributed by atoms with Crippen LogP contribution < -0.4 is 15.4 Å². The number of nitrogens with zero attached hydrogens (tertiary/aromatic N) is 2. The van der Waals surface area contributed by atoms with Gasteiger partial charge in [-0.05, 0) is 42.5 Å². The summed E-state index contributed by atoms with van der Waals surface area (Å²) in [5.74, 6) is 2.23. The molecule has 2 aromatic carbocycles. The summed E-state index contributed by atoms with van der Waals surface area (Å²) >= 11 is 5.05. The van der Waals surface area contributed by atoms with E-state index in [1.54, 1.807) is 17.5 Å². The van der Waals surface area contributed by atoms with Crippen LogP contribution in [0.1, 0.15) is 0 Å². The first-order chi connectivity index (χ1) is 12.7. The van der Waals surface area contributed by atoms with Crippen molar-refractivity contribution in [2.24, 2.45) is 0 Å². The average molecular weight is 427 g/mol. The summed E-state index contributed by atoms with van der Waals surface area (Å²) in [6.07, 6.45) is 1.71. The summed E-state index contributed by atoms with van der Waals surface area (Å²) in [6.45, 7) is 0. The molecule has 2 N–H and O–H groups in total. The van der Waals surface area contributed by atoms with Crippen LogP contribution >= 0.6 is 27.3 Å². The van der Waals surface area contributed by atoms with Gasteiger partial charge in [0.1, 0.15) is 17.3 Å². The second kappa shape index (κ2) is 7.31. The first kappa shape index (κ1) is 16.8. The van der Waals surface area contributed by atoms with E-state index in [2.05, 4.69) is 36.5 Å². The Morgan fingerprint density at radius 3 is 2.62 bits per heavy atom. The van der Waals surface area contributed by atoms with Crippen molar-refractivity contribution in [2.75, 3.05) is 17.7 Å². The van der Waals surface area contributed by atoms with Crippen molar-refractivity contribution < 1.29 is 4.74 Å². The molecule has 0 saturated heterocycles. The zero-order valence-corrected chi connectivity index (χ0v) is 16.3. The van der Waals surface area contributed by atoms with Crippen molar-refractivity contribution in [1.82, 2.24) is 9.97 Å². The lowest BCUT2D eigenvalue weighted by Gasteiger charge is -2.06. The van der Waals surface area contributed by atoms with E-state index in [1.807, 2.05) is 61.6 Å². The standard InChI is InChI=1S/C19H15BrN4OS/c1-21-18-11-15(8-9-22-18)25-14-6-7-17-16(10-14)24-19(26-17)23-13-4-2-12(20)3-5-13/h2-11H,1H3,(H,21,22)(H,23,24). The zero-order valence-electron chi connectivity index (χ0n) is 13.9. The number of halogens is 1.